The van der Waals surface area contributed by atoms with Crippen LogP contribution in [0.25, 0.3) is 11.0 Å². The Hall–Kier alpha value is -1.91. The summed E-state index contributed by atoms with van der Waals surface area (Å²) in [5.74, 6) is -0.155. The summed E-state index contributed by atoms with van der Waals surface area (Å²) in [6.45, 7) is 4.96. The van der Waals surface area contributed by atoms with Crippen LogP contribution in [0.5, 0.6) is 0 Å². The summed E-state index contributed by atoms with van der Waals surface area (Å²) in [7, 11) is 0. The highest BCUT2D eigenvalue weighted by molar-refractivity contribution is 5.75. The van der Waals surface area contributed by atoms with Gasteiger partial charge in [-0.25, -0.2) is 4.68 Å². The first-order valence-electron chi connectivity index (χ1n) is 6.16. The highest BCUT2D eigenvalue weighted by atomic mass is 16.5. The van der Waals surface area contributed by atoms with E-state index in [-0.39, 0.29) is 5.97 Å². The number of benzene rings is 1. The minimum absolute atomic E-state index is 0.155. The van der Waals surface area contributed by atoms with E-state index in [1.165, 1.54) is 5.56 Å². The predicted molar refractivity (Wildman–Crippen MR) is 68.1 cm³/mol. The maximum absolute atomic E-state index is 11.2. The van der Waals surface area contributed by atoms with Crippen LogP contribution in [-0.2, 0) is 16.1 Å². The summed E-state index contributed by atoms with van der Waals surface area (Å²) < 4.78 is 6.72. The van der Waals surface area contributed by atoms with E-state index in [0.717, 1.165) is 11.0 Å². The minimum atomic E-state index is -0.155. The van der Waals surface area contributed by atoms with E-state index < -0.39 is 0 Å². The van der Waals surface area contributed by atoms with E-state index >= 15 is 0 Å². The first-order valence-corrected chi connectivity index (χ1v) is 6.16. The summed E-state index contributed by atoms with van der Waals surface area (Å²) in [6.07, 6.45) is 1.13. The molecule has 0 fully saturated rings. The SMILES string of the molecule is CCOC(=O)CCCn1nnc2ccc(C)cc21. The van der Waals surface area contributed by atoms with Gasteiger partial charge in [-0.15, -0.1) is 5.10 Å². The molecule has 0 saturated heterocycles. The summed E-state index contributed by atoms with van der Waals surface area (Å²) in [4.78, 5) is 11.2. The molecule has 0 aliphatic rings. The standard InChI is InChI=1S/C13H17N3O2/c1-3-18-13(17)5-4-8-16-12-9-10(2)6-7-11(12)14-15-16/h6-7,9H,3-5,8H2,1-2H3. The molecule has 5 nitrogen and oxygen atoms in total. The zero-order valence-corrected chi connectivity index (χ0v) is 10.7. The molecule has 96 valence electrons. The van der Waals surface area contributed by atoms with Crippen molar-refractivity contribution < 1.29 is 9.53 Å². The molecule has 0 atom stereocenters. The van der Waals surface area contributed by atoms with Crippen LogP contribution in [0.4, 0.5) is 0 Å². The fourth-order valence-electron chi connectivity index (χ4n) is 1.85. The molecule has 0 bridgehead atoms. The van der Waals surface area contributed by atoms with Crippen molar-refractivity contribution in [2.45, 2.75) is 33.2 Å². The second-order valence-corrected chi connectivity index (χ2v) is 4.21. The Morgan fingerprint density at radius 2 is 2.28 bits per heavy atom. The molecule has 5 heteroatoms. The van der Waals surface area contributed by atoms with Gasteiger partial charge in [0.25, 0.3) is 0 Å². The zero-order valence-electron chi connectivity index (χ0n) is 10.7. The number of hydrogen-bond donors (Lipinski definition) is 0. The molecule has 2 rings (SSSR count). The lowest BCUT2D eigenvalue weighted by atomic mass is 10.2. The number of esters is 1. The number of carbonyl (C=O) groups is 1. The number of hydrogen-bond acceptors (Lipinski definition) is 4. The topological polar surface area (TPSA) is 57.0 Å². The number of rotatable bonds is 5. The molecular weight excluding hydrogens is 230 g/mol. The fourth-order valence-corrected chi connectivity index (χ4v) is 1.85. The third-order valence-electron chi connectivity index (χ3n) is 2.73. The van der Waals surface area contributed by atoms with Crippen LogP contribution in [0.3, 0.4) is 0 Å². The monoisotopic (exact) mass is 247 g/mol. The maximum Gasteiger partial charge on any atom is 0.305 e. The number of aryl methyl sites for hydroxylation is 2. The molecule has 0 amide bonds. The van der Waals surface area contributed by atoms with Crippen molar-refractivity contribution in [2.75, 3.05) is 6.61 Å². The van der Waals surface area contributed by atoms with Crippen LogP contribution < -0.4 is 0 Å². The number of fused-ring (bicyclic) bond motifs is 1. The second-order valence-electron chi connectivity index (χ2n) is 4.21. The Kier molecular flexibility index (Phi) is 3.92. The zero-order chi connectivity index (χ0) is 13.0. The quantitative estimate of drug-likeness (QED) is 0.759. The molecule has 0 N–H and O–H groups in total. The van der Waals surface area contributed by atoms with Gasteiger partial charge in [-0.2, -0.15) is 0 Å². The van der Waals surface area contributed by atoms with E-state index in [2.05, 4.69) is 16.4 Å². The number of aromatic nitrogens is 3. The van der Waals surface area contributed by atoms with Gasteiger partial charge < -0.3 is 4.74 Å². The van der Waals surface area contributed by atoms with E-state index in [0.29, 0.717) is 26.0 Å². The Bertz CT molecular complexity index is 548. The minimum Gasteiger partial charge on any atom is -0.466 e. The Balaban J connectivity index is 1.99. The lowest BCUT2D eigenvalue weighted by Crippen LogP contribution is -2.07. The average Bonchev–Trinajstić information content (AvgIpc) is 2.72. The molecule has 2 aromatic rings. The van der Waals surface area contributed by atoms with Crippen LogP contribution in [0.1, 0.15) is 25.3 Å². The van der Waals surface area contributed by atoms with Crippen molar-refractivity contribution in [3.8, 4) is 0 Å². The molecule has 0 spiro atoms. The third-order valence-corrected chi connectivity index (χ3v) is 2.73. The van der Waals surface area contributed by atoms with Crippen molar-refractivity contribution in [1.29, 1.82) is 0 Å². The average molecular weight is 247 g/mol. The molecule has 0 aliphatic heterocycles. The van der Waals surface area contributed by atoms with Crippen LogP contribution in [-0.4, -0.2) is 27.6 Å². The Labute approximate surface area is 106 Å². The highest BCUT2D eigenvalue weighted by Crippen LogP contribution is 2.13. The van der Waals surface area contributed by atoms with Crippen molar-refractivity contribution >= 4 is 17.0 Å². The number of nitrogens with zero attached hydrogens (tertiary/aromatic N) is 3. The predicted octanol–water partition coefficient (Wildman–Crippen LogP) is 2.08. The van der Waals surface area contributed by atoms with Gasteiger partial charge in [0.2, 0.25) is 0 Å². The van der Waals surface area contributed by atoms with Crippen LogP contribution in [0.2, 0.25) is 0 Å². The summed E-state index contributed by atoms with van der Waals surface area (Å²) in [6, 6.07) is 6.03. The normalized spacial score (nSPS) is 10.8. The number of carbonyl (C=O) groups excluding carboxylic acids is 1. The molecule has 1 heterocycles. The van der Waals surface area contributed by atoms with Gasteiger partial charge in [-0.1, -0.05) is 11.3 Å². The Morgan fingerprint density at radius 1 is 1.44 bits per heavy atom. The molecule has 0 radical (unpaired) electrons. The molecule has 0 saturated carbocycles. The van der Waals surface area contributed by atoms with Gasteiger partial charge in [0.1, 0.15) is 5.52 Å². The first-order chi connectivity index (χ1) is 8.70. The first kappa shape index (κ1) is 12.5. The van der Waals surface area contributed by atoms with Crippen molar-refractivity contribution in [1.82, 2.24) is 15.0 Å². The summed E-state index contributed by atoms with van der Waals surface area (Å²) in [5, 5.41) is 8.18. The lowest BCUT2D eigenvalue weighted by Gasteiger charge is -2.03. The van der Waals surface area contributed by atoms with Gasteiger partial charge >= 0.3 is 5.97 Å². The van der Waals surface area contributed by atoms with E-state index in [9.17, 15) is 4.79 Å². The van der Waals surface area contributed by atoms with Crippen molar-refractivity contribution in [2.24, 2.45) is 0 Å². The summed E-state index contributed by atoms with van der Waals surface area (Å²) >= 11 is 0. The van der Waals surface area contributed by atoms with Gasteiger partial charge in [0.05, 0.1) is 12.1 Å². The Morgan fingerprint density at radius 3 is 3.06 bits per heavy atom. The smallest absolute Gasteiger partial charge is 0.305 e. The van der Waals surface area contributed by atoms with Crippen molar-refractivity contribution in [3.63, 3.8) is 0 Å². The third kappa shape index (κ3) is 2.85. The van der Waals surface area contributed by atoms with Gasteiger partial charge in [0.15, 0.2) is 0 Å². The van der Waals surface area contributed by atoms with Crippen LogP contribution >= 0.6 is 0 Å². The van der Waals surface area contributed by atoms with Gasteiger partial charge in [-0.05, 0) is 38.0 Å². The molecule has 18 heavy (non-hydrogen) atoms. The lowest BCUT2D eigenvalue weighted by molar-refractivity contribution is -0.143. The fraction of sp³-hybridized carbons (Fsp3) is 0.462. The molecule has 1 aromatic carbocycles. The van der Waals surface area contributed by atoms with E-state index in [1.54, 1.807) is 0 Å². The molecule has 0 unspecified atom stereocenters. The molecule has 0 aliphatic carbocycles. The van der Waals surface area contributed by atoms with Gasteiger partial charge in [-0.3, -0.25) is 4.79 Å². The summed E-state index contributed by atoms with van der Waals surface area (Å²) in [5.41, 5.74) is 3.08. The van der Waals surface area contributed by atoms with Crippen LogP contribution in [0, 0.1) is 6.92 Å². The van der Waals surface area contributed by atoms with E-state index in [1.807, 2.05) is 30.7 Å². The largest absolute Gasteiger partial charge is 0.466 e. The second kappa shape index (κ2) is 5.62. The van der Waals surface area contributed by atoms with E-state index in [4.69, 9.17) is 4.74 Å². The van der Waals surface area contributed by atoms with Gasteiger partial charge in [0, 0.05) is 13.0 Å². The van der Waals surface area contributed by atoms with Crippen LogP contribution in [0.15, 0.2) is 18.2 Å². The maximum atomic E-state index is 11.2. The van der Waals surface area contributed by atoms with Crippen molar-refractivity contribution in [3.05, 3.63) is 23.8 Å². The highest BCUT2D eigenvalue weighted by Gasteiger charge is 2.06. The number of ether oxygens (including phenoxy) is 1. The molecule has 1 aromatic heterocycles. The molecular formula is C13H17N3O2.